The summed E-state index contributed by atoms with van der Waals surface area (Å²) >= 11 is 0. The van der Waals surface area contributed by atoms with Crippen molar-refractivity contribution in [2.24, 2.45) is 5.73 Å². The average molecular weight is 218 g/mol. The van der Waals surface area contributed by atoms with Gasteiger partial charge in [-0.05, 0) is 19.1 Å². The molecule has 0 amide bonds. The molecule has 0 aliphatic rings. The van der Waals surface area contributed by atoms with Gasteiger partial charge in [-0.2, -0.15) is 4.98 Å². The normalized spacial score (nSPS) is 12.4. The summed E-state index contributed by atoms with van der Waals surface area (Å²) in [5.41, 5.74) is 6.40. The molecular weight excluding hydrogens is 204 g/mol. The lowest BCUT2D eigenvalue weighted by Crippen LogP contribution is -2.23. The molecule has 0 radical (unpaired) electrons. The lowest BCUT2D eigenvalue weighted by atomic mass is 10.3. The fourth-order valence-corrected chi connectivity index (χ4v) is 1.24. The van der Waals surface area contributed by atoms with E-state index < -0.39 is 0 Å². The Morgan fingerprint density at radius 3 is 2.81 bits per heavy atom. The molecule has 0 spiro atoms. The first-order valence-electron chi connectivity index (χ1n) is 5.13. The van der Waals surface area contributed by atoms with E-state index in [9.17, 15) is 0 Å². The van der Waals surface area contributed by atoms with Crippen molar-refractivity contribution in [1.82, 2.24) is 14.8 Å². The zero-order valence-corrected chi connectivity index (χ0v) is 9.08. The number of hydrogen-bond acceptors (Lipinski definition) is 4. The van der Waals surface area contributed by atoms with Crippen LogP contribution in [-0.4, -0.2) is 27.4 Å². The third kappa shape index (κ3) is 2.38. The van der Waals surface area contributed by atoms with Crippen molar-refractivity contribution in [3.8, 4) is 11.7 Å². The van der Waals surface area contributed by atoms with Crippen molar-refractivity contribution in [2.45, 2.75) is 13.0 Å². The maximum atomic E-state index is 5.45. The van der Waals surface area contributed by atoms with Gasteiger partial charge in [0, 0.05) is 6.54 Å². The second-order valence-electron chi connectivity index (χ2n) is 3.47. The summed E-state index contributed by atoms with van der Waals surface area (Å²) in [4.78, 5) is 4.05. The smallest absolute Gasteiger partial charge is 0.336 e. The molecule has 1 unspecified atom stereocenters. The summed E-state index contributed by atoms with van der Waals surface area (Å²) in [6.45, 7) is 2.32. The second-order valence-corrected chi connectivity index (χ2v) is 3.47. The Hall–Kier alpha value is -1.88. The van der Waals surface area contributed by atoms with Crippen LogP contribution in [0.15, 0.2) is 36.7 Å². The van der Waals surface area contributed by atoms with Crippen LogP contribution in [0.5, 0.6) is 6.01 Å². The highest BCUT2D eigenvalue weighted by Crippen LogP contribution is 2.09. The quantitative estimate of drug-likeness (QED) is 0.831. The summed E-state index contributed by atoms with van der Waals surface area (Å²) in [5, 5.41) is 4.20. The highest BCUT2D eigenvalue weighted by molar-refractivity contribution is 5.29. The number of nitrogens with zero attached hydrogens (tertiary/aromatic N) is 3. The predicted octanol–water partition coefficient (Wildman–Crippen LogP) is 0.993. The van der Waals surface area contributed by atoms with Crippen molar-refractivity contribution in [2.75, 3.05) is 6.54 Å². The van der Waals surface area contributed by atoms with Gasteiger partial charge < -0.3 is 10.5 Å². The van der Waals surface area contributed by atoms with Crippen molar-refractivity contribution in [3.63, 3.8) is 0 Å². The molecule has 1 aromatic carbocycles. The number of hydrogen-bond donors (Lipinski definition) is 1. The van der Waals surface area contributed by atoms with Gasteiger partial charge >= 0.3 is 6.01 Å². The lowest BCUT2D eigenvalue weighted by Gasteiger charge is -2.07. The monoisotopic (exact) mass is 218 g/mol. The Bertz CT molecular complexity index is 440. The first-order chi connectivity index (χ1) is 7.79. The molecule has 84 valence electrons. The van der Waals surface area contributed by atoms with Crippen molar-refractivity contribution >= 4 is 0 Å². The maximum absolute atomic E-state index is 5.45. The van der Waals surface area contributed by atoms with E-state index in [0.29, 0.717) is 12.6 Å². The van der Waals surface area contributed by atoms with E-state index in [-0.39, 0.29) is 6.10 Å². The molecule has 0 saturated carbocycles. The molecule has 0 aliphatic carbocycles. The second kappa shape index (κ2) is 4.76. The summed E-state index contributed by atoms with van der Waals surface area (Å²) in [6, 6.07) is 10.1. The number of aromatic nitrogens is 3. The van der Waals surface area contributed by atoms with E-state index in [1.807, 2.05) is 37.3 Å². The average Bonchev–Trinajstić information content (AvgIpc) is 2.78. The number of ether oxygens (including phenoxy) is 1. The van der Waals surface area contributed by atoms with Gasteiger partial charge in [0.2, 0.25) is 0 Å². The van der Waals surface area contributed by atoms with E-state index in [1.54, 1.807) is 11.0 Å². The van der Waals surface area contributed by atoms with E-state index in [2.05, 4.69) is 10.1 Å². The summed E-state index contributed by atoms with van der Waals surface area (Å²) in [5.74, 6) is 0. The molecule has 1 atom stereocenters. The molecule has 2 rings (SSSR count). The molecule has 5 nitrogen and oxygen atoms in total. The van der Waals surface area contributed by atoms with Gasteiger partial charge in [-0.1, -0.05) is 18.2 Å². The van der Waals surface area contributed by atoms with Crippen molar-refractivity contribution in [1.29, 1.82) is 0 Å². The molecule has 0 bridgehead atoms. The van der Waals surface area contributed by atoms with Crippen LogP contribution in [0.25, 0.3) is 5.69 Å². The van der Waals surface area contributed by atoms with Crippen LogP contribution < -0.4 is 10.5 Å². The van der Waals surface area contributed by atoms with Crippen LogP contribution in [0, 0.1) is 0 Å². The molecule has 0 fully saturated rings. The molecular formula is C11H14N4O. The maximum Gasteiger partial charge on any atom is 0.336 e. The van der Waals surface area contributed by atoms with Crippen molar-refractivity contribution < 1.29 is 4.74 Å². The number of para-hydroxylation sites is 1. The van der Waals surface area contributed by atoms with Gasteiger partial charge in [-0.15, -0.1) is 5.10 Å². The van der Waals surface area contributed by atoms with Crippen LogP contribution in [0.3, 0.4) is 0 Å². The third-order valence-corrected chi connectivity index (χ3v) is 2.13. The van der Waals surface area contributed by atoms with Crippen LogP contribution in [0.1, 0.15) is 6.92 Å². The lowest BCUT2D eigenvalue weighted by molar-refractivity contribution is 0.211. The Morgan fingerprint density at radius 2 is 2.12 bits per heavy atom. The molecule has 16 heavy (non-hydrogen) atoms. The number of nitrogens with two attached hydrogens (primary N) is 1. The topological polar surface area (TPSA) is 66.0 Å². The van der Waals surface area contributed by atoms with Crippen LogP contribution in [0.4, 0.5) is 0 Å². The largest absolute Gasteiger partial charge is 0.458 e. The molecule has 2 aromatic rings. The summed E-state index contributed by atoms with van der Waals surface area (Å²) in [7, 11) is 0. The molecule has 1 aromatic heterocycles. The highest BCUT2D eigenvalue weighted by atomic mass is 16.5. The summed E-state index contributed by atoms with van der Waals surface area (Å²) < 4.78 is 7.06. The van der Waals surface area contributed by atoms with Gasteiger partial charge in [-0.3, -0.25) is 0 Å². The van der Waals surface area contributed by atoms with Crippen LogP contribution >= 0.6 is 0 Å². The molecule has 1 heterocycles. The van der Waals surface area contributed by atoms with Gasteiger partial charge in [0.1, 0.15) is 12.4 Å². The Kier molecular flexibility index (Phi) is 3.16. The van der Waals surface area contributed by atoms with Gasteiger partial charge in [0.25, 0.3) is 0 Å². The van der Waals surface area contributed by atoms with E-state index >= 15 is 0 Å². The first kappa shape index (κ1) is 10.6. The molecule has 2 N–H and O–H groups in total. The van der Waals surface area contributed by atoms with Gasteiger partial charge in [-0.25, -0.2) is 4.68 Å². The highest BCUT2D eigenvalue weighted by Gasteiger charge is 2.06. The zero-order chi connectivity index (χ0) is 11.4. The number of rotatable bonds is 4. The van der Waals surface area contributed by atoms with E-state index in [4.69, 9.17) is 10.5 Å². The van der Waals surface area contributed by atoms with Gasteiger partial charge in [0.05, 0.1) is 5.69 Å². The van der Waals surface area contributed by atoms with Crippen LogP contribution in [-0.2, 0) is 0 Å². The number of benzene rings is 1. The minimum absolute atomic E-state index is 0.0772. The Balaban J connectivity index is 2.14. The van der Waals surface area contributed by atoms with E-state index in [1.165, 1.54) is 0 Å². The Labute approximate surface area is 93.9 Å². The predicted molar refractivity (Wildman–Crippen MR) is 60.5 cm³/mol. The third-order valence-electron chi connectivity index (χ3n) is 2.13. The zero-order valence-electron chi connectivity index (χ0n) is 9.08. The van der Waals surface area contributed by atoms with Crippen LogP contribution in [0.2, 0.25) is 0 Å². The van der Waals surface area contributed by atoms with E-state index in [0.717, 1.165) is 5.69 Å². The fourth-order valence-electron chi connectivity index (χ4n) is 1.24. The van der Waals surface area contributed by atoms with Crippen molar-refractivity contribution in [3.05, 3.63) is 36.7 Å². The fraction of sp³-hybridized carbons (Fsp3) is 0.273. The summed E-state index contributed by atoms with van der Waals surface area (Å²) in [6.07, 6.45) is 1.54. The minimum atomic E-state index is -0.0772. The molecule has 0 saturated heterocycles. The Morgan fingerprint density at radius 1 is 1.38 bits per heavy atom. The minimum Gasteiger partial charge on any atom is -0.458 e. The van der Waals surface area contributed by atoms with Gasteiger partial charge in [0.15, 0.2) is 0 Å². The molecule has 0 aliphatic heterocycles. The SMILES string of the molecule is CC(CN)Oc1ncn(-c2ccccc2)n1. The molecule has 5 heteroatoms. The standard InChI is InChI=1S/C11H14N4O/c1-9(7-12)16-11-13-8-15(14-11)10-5-3-2-4-6-10/h2-6,8-9H,7,12H2,1H3. The first-order valence-corrected chi connectivity index (χ1v) is 5.13.